The molecule has 0 saturated carbocycles. The van der Waals surface area contributed by atoms with Crippen molar-refractivity contribution in [3.05, 3.63) is 22.7 Å². The molecular weight excluding hydrogens is 306 g/mol. The third-order valence-corrected chi connectivity index (χ3v) is 3.93. The number of anilines is 1. The van der Waals surface area contributed by atoms with Crippen molar-refractivity contribution in [2.24, 2.45) is 0 Å². The second-order valence-electron chi connectivity index (χ2n) is 5.31. The molecule has 0 radical (unpaired) electrons. The monoisotopic (exact) mass is 325 g/mol. The molecule has 1 aliphatic heterocycles. The molecule has 1 aromatic carbocycles. The van der Waals surface area contributed by atoms with E-state index in [1.165, 1.54) is 14.0 Å². The summed E-state index contributed by atoms with van der Waals surface area (Å²) < 4.78 is 5.29. The van der Waals surface area contributed by atoms with Gasteiger partial charge in [0.1, 0.15) is 5.75 Å². The van der Waals surface area contributed by atoms with E-state index in [4.69, 9.17) is 16.3 Å². The Labute approximate surface area is 135 Å². The minimum absolute atomic E-state index is 0.110. The molecule has 0 bridgehead atoms. The number of likely N-dealkylation sites (N-methyl/N-ethyl adjacent to an activating group) is 1. The second kappa shape index (κ2) is 6.98. The van der Waals surface area contributed by atoms with E-state index < -0.39 is 0 Å². The summed E-state index contributed by atoms with van der Waals surface area (Å²) in [5, 5.41) is 2.93. The summed E-state index contributed by atoms with van der Waals surface area (Å²) in [6.07, 6.45) is 0. The van der Waals surface area contributed by atoms with Gasteiger partial charge in [-0.1, -0.05) is 11.6 Å². The molecule has 120 valence electrons. The Balaban J connectivity index is 2.28. The molecule has 0 unspecified atom stereocenters. The molecule has 0 aliphatic carbocycles. The fourth-order valence-electron chi connectivity index (χ4n) is 2.35. The first-order valence-corrected chi connectivity index (χ1v) is 7.43. The van der Waals surface area contributed by atoms with Gasteiger partial charge in [-0.05, 0) is 13.1 Å². The standard InChI is InChI=1S/C15H20ClN3O3/c1-10(20)17-13-9-14(22-3)11(8-12(13)16)15(21)19-6-4-18(2)5-7-19/h8-9H,4-7H2,1-3H3,(H,17,20). The van der Waals surface area contributed by atoms with E-state index in [9.17, 15) is 9.59 Å². The maximum Gasteiger partial charge on any atom is 0.257 e. The van der Waals surface area contributed by atoms with Crippen LogP contribution >= 0.6 is 11.6 Å². The minimum atomic E-state index is -0.234. The molecule has 7 heteroatoms. The van der Waals surface area contributed by atoms with Crippen molar-refractivity contribution in [2.75, 3.05) is 45.7 Å². The van der Waals surface area contributed by atoms with Crippen LogP contribution in [0.2, 0.25) is 5.02 Å². The molecule has 22 heavy (non-hydrogen) atoms. The number of nitrogens with zero attached hydrogens (tertiary/aromatic N) is 2. The lowest BCUT2D eigenvalue weighted by Crippen LogP contribution is -2.47. The fraction of sp³-hybridized carbons (Fsp3) is 0.467. The zero-order chi connectivity index (χ0) is 16.3. The van der Waals surface area contributed by atoms with Crippen molar-refractivity contribution in [2.45, 2.75) is 6.92 Å². The van der Waals surface area contributed by atoms with Gasteiger partial charge in [0.25, 0.3) is 5.91 Å². The van der Waals surface area contributed by atoms with Crippen LogP contribution in [-0.2, 0) is 4.79 Å². The van der Waals surface area contributed by atoms with Gasteiger partial charge < -0.3 is 19.9 Å². The van der Waals surface area contributed by atoms with E-state index in [-0.39, 0.29) is 11.8 Å². The number of rotatable bonds is 3. The summed E-state index contributed by atoms with van der Waals surface area (Å²) in [6, 6.07) is 3.12. The third kappa shape index (κ3) is 3.69. The molecular formula is C15H20ClN3O3. The van der Waals surface area contributed by atoms with Crippen molar-refractivity contribution in [3.63, 3.8) is 0 Å². The molecule has 1 fully saturated rings. The number of hydrogen-bond acceptors (Lipinski definition) is 4. The quantitative estimate of drug-likeness (QED) is 0.918. The van der Waals surface area contributed by atoms with Crippen molar-refractivity contribution < 1.29 is 14.3 Å². The molecule has 1 N–H and O–H groups in total. The minimum Gasteiger partial charge on any atom is -0.496 e. The Morgan fingerprint density at radius 2 is 1.86 bits per heavy atom. The molecule has 0 aromatic heterocycles. The highest BCUT2D eigenvalue weighted by Gasteiger charge is 2.24. The number of nitrogens with one attached hydrogen (secondary N) is 1. The summed E-state index contributed by atoms with van der Waals surface area (Å²) in [7, 11) is 3.52. The Kier molecular flexibility index (Phi) is 5.26. The lowest BCUT2D eigenvalue weighted by atomic mass is 10.1. The van der Waals surface area contributed by atoms with E-state index in [2.05, 4.69) is 10.2 Å². The molecule has 2 amide bonds. The van der Waals surface area contributed by atoms with E-state index in [1.54, 1.807) is 17.0 Å². The number of carbonyl (C=O) groups is 2. The third-order valence-electron chi connectivity index (χ3n) is 3.62. The molecule has 0 atom stereocenters. The number of hydrogen-bond donors (Lipinski definition) is 1. The first kappa shape index (κ1) is 16.6. The first-order chi connectivity index (χ1) is 10.4. The van der Waals surface area contributed by atoms with Crippen LogP contribution in [0.15, 0.2) is 12.1 Å². The van der Waals surface area contributed by atoms with Crippen molar-refractivity contribution in [1.82, 2.24) is 9.80 Å². The van der Waals surface area contributed by atoms with Crippen LogP contribution in [-0.4, -0.2) is 62.0 Å². The summed E-state index contributed by atoms with van der Waals surface area (Å²) in [6.45, 7) is 4.41. The number of carbonyl (C=O) groups excluding carboxylic acids is 2. The zero-order valence-electron chi connectivity index (χ0n) is 13.0. The van der Waals surface area contributed by atoms with Gasteiger partial charge in [0.15, 0.2) is 0 Å². The van der Waals surface area contributed by atoms with Gasteiger partial charge in [0.2, 0.25) is 5.91 Å². The maximum absolute atomic E-state index is 12.7. The lowest BCUT2D eigenvalue weighted by molar-refractivity contribution is -0.114. The van der Waals surface area contributed by atoms with Crippen molar-refractivity contribution in [3.8, 4) is 5.75 Å². The molecule has 1 aliphatic rings. The van der Waals surface area contributed by atoms with Gasteiger partial charge in [-0.2, -0.15) is 0 Å². The average molecular weight is 326 g/mol. The van der Waals surface area contributed by atoms with Crippen LogP contribution in [0.3, 0.4) is 0 Å². The highest BCUT2D eigenvalue weighted by atomic mass is 35.5. The van der Waals surface area contributed by atoms with E-state index in [1.807, 2.05) is 7.05 Å². The first-order valence-electron chi connectivity index (χ1n) is 7.05. The summed E-state index contributed by atoms with van der Waals surface area (Å²) in [4.78, 5) is 27.8. The van der Waals surface area contributed by atoms with Crippen molar-refractivity contribution in [1.29, 1.82) is 0 Å². The maximum atomic E-state index is 12.7. The van der Waals surface area contributed by atoms with Crippen LogP contribution < -0.4 is 10.1 Å². The highest BCUT2D eigenvalue weighted by Crippen LogP contribution is 2.32. The largest absolute Gasteiger partial charge is 0.496 e. The average Bonchev–Trinajstić information content (AvgIpc) is 2.48. The zero-order valence-corrected chi connectivity index (χ0v) is 13.7. The van der Waals surface area contributed by atoms with Crippen LogP contribution in [0, 0.1) is 0 Å². The van der Waals surface area contributed by atoms with E-state index in [0.717, 1.165) is 13.1 Å². The number of ether oxygens (including phenoxy) is 1. The Hall–Kier alpha value is -1.79. The van der Waals surface area contributed by atoms with Gasteiger partial charge in [0, 0.05) is 39.2 Å². The van der Waals surface area contributed by atoms with Gasteiger partial charge in [-0.15, -0.1) is 0 Å². The van der Waals surface area contributed by atoms with Gasteiger partial charge in [-0.3, -0.25) is 9.59 Å². The number of piperazine rings is 1. The predicted octanol–water partition coefficient (Wildman–Crippen LogP) is 1.69. The normalized spacial score (nSPS) is 15.5. The second-order valence-corrected chi connectivity index (χ2v) is 5.72. The number of amides is 2. The topological polar surface area (TPSA) is 61.9 Å². The van der Waals surface area contributed by atoms with Crippen LogP contribution in [0.25, 0.3) is 0 Å². The molecule has 1 heterocycles. The number of benzene rings is 1. The smallest absolute Gasteiger partial charge is 0.257 e. The number of methoxy groups -OCH3 is 1. The van der Waals surface area contributed by atoms with Gasteiger partial charge in [-0.25, -0.2) is 0 Å². The highest BCUT2D eigenvalue weighted by molar-refractivity contribution is 6.34. The molecule has 1 saturated heterocycles. The van der Waals surface area contributed by atoms with E-state index >= 15 is 0 Å². The summed E-state index contributed by atoms with van der Waals surface area (Å²) >= 11 is 6.16. The molecule has 0 spiro atoms. The van der Waals surface area contributed by atoms with Crippen molar-refractivity contribution >= 4 is 29.1 Å². The Morgan fingerprint density at radius 1 is 1.23 bits per heavy atom. The van der Waals surface area contributed by atoms with Crippen LogP contribution in [0.5, 0.6) is 5.75 Å². The van der Waals surface area contributed by atoms with Gasteiger partial charge in [0.05, 0.1) is 23.4 Å². The van der Waals surface area contributed by atoms with Crippen LogP contribution in [0.1, 0.15) is 17.3 Å². The lowest BCUT2D eigenvalue weighted by Gasteiger charge is -2.32. The van der Waals surface area contributed by atoms with Gasteiger partial charge >= 0.3 is 0 Å². The molecule has 2 rings (SSSR count). The fourth-order valence-corrected chi connectivity index (χ4v) is 2.57. The molecule has 6 nitrogen and oxygen atoms in total. The molecule has 1 aromatic rings. The van der Waals surface area contributed by atoms with Crippen LogP contribution in [0.4, 0.5) is 5.69 Å². The van der Waals surface area contributed by atoms with E-state index in [0.29, 0.717) is 35.1 Å². The Morgan fingerprint density at radius 3 is 2.41 bits per heavy atom. The summed E-state index contributed by atoms with van der Waals surface area (Å²) in [5.74, 6) is 0.0559. The Bertz CT molecular complexity index is 584. The SMILES string of the molecule is COc1cc(NC(C)=O)c(Cl)cc1C(=O)N1CCN(C)CC1. The number of halogens is 1. The predicted molar refractivity (Wildman–Crippen MR) is 85.7 cm³/mol. The summed E-state index contributed by atoms with van der Waals surface area (Å²) in [5.41, 5.74) is 0.840.